The Hall–Kier alpha value is -1.72. The molecule has 0 saturated heterocycles. The normalized spacial score (nSPS) is 21.4. The van der Waals surface area contributed by atoms with Gasteiger partial charge in [0.05, 0.1) is 0 Å². The van der Waals surface area contributed by atoms with Crippen LogP contribution in [0.1, 0.15) is 81.3 Å². The number of benzene rings is 2. The summed E-state index contributed by atoms with van der Waals surface area (Å²) in [6.45, 7) is 1.03. The van der Waals surface area contributed by atoms with Crippen LogP contribution in [0.15, 0.2) is 48.7 Å². The van der Waals surface area contributed by atoms with Crippen molar-refractivity contribution in [3.63, 3.8) is 0 Å². The SMILES string of the molecule is Cl.NC1CCC(NC(=O)CC(c2cc(Cl)cc(Cl)c2)c2cn(CC3CCCCC3)c3ccccc23)CC1. The molecule has 0 radical (unpaired) electrons. The third-order valence-electron chi connectivity index (χ3n) is 8.19. The van der Waals surface area contributed by atoms with E-state index in [1.54, 1.807) is 6.07 Å². The number of nitrogens with zero attached hydrogens (tertiary/aromatic N) is 1. The zero-order chi connectivity index (χ0) is 25.1. The van der Waals surface area contributed by atoms with Crippen LogP contribution in [-0.2, 0) is 11.3 Å². The molecule has 0 aliphatic heterocycles. The number of fused-ring (bicyclic) bond motifs is 1. The Kier molecular flexibility index (Phi) is 9.85. The second-order valence-electron chi connectivity index (χ2n) is 10.9. The molecule has 1 unspecified atom stereocenters. The van der Waals surface area contributed by atoms with Crippen LogP contribution in [0.3, 0.4) is 0 Å². The minimum Gasteiger partial charge on any atom is -0.353 e. The zero-order valence-corrected chi connectivity index (χ0v) is 23.6. The number of halogens is 3. The molecular formula is C30H38Cl3N3O. The number of nitrogens with two attached hydrogens (primary N) is 1. The van der Waals surface area contributed by atoms with Crippen molar-refractivity contribution in [1.82, 2.24) is 9.88 Å². The first-order chi connectivity index (χ1) is 17.5. The van der Waals surface area contributed by atoms with Crippen LogP contribution < -0.4 is 11.1 Å². The predicted octanol–water partition coefficient (Wildman–Crippen LogP) is 7.86. The Morgan fingerprint density at radius 1 is 0.973 bits per heavy atom. The lowest BCUT2D eigenvalue weighted by molar-refractivity contribution is -0.122. The minimum atomic E-state index is -0.135. The fraction of sp³-hybridized carbons (Fsp3) is 0.500. The van der Waals surface area contributed by atoms with Gasteiger partial charge < -0.3 is 15.6 Å². The lowest BCUT2D eigenvalue weighted by atomic mass is 9.87. The number of aromatic nitrogens is 1. The molecule has 1 heterocycles. The van der Waals surface area contributed by atoms with Gasteiger partial charge >= 0.3 is 0 Å². The molecule has 200 valence electrons. The van der Waals surface area contributed by atoms with E-state index >= 15 is 0 Å². The molecule has 2 fully saturated rings. The van der Waals surface area contributed by atoms with E-state index in [0.29, 0.717) is 22.4 Å². The third kappa shape index (κ3) is 7.03. The predicted molar refractivity (Wildman–Crippen MR) is 157 cm³/mol. The molecule has 1 aromatic heterocycles. The number of hydrogen-bond acceptors (Lipinski definition) is 2. The van der Waals surface area contributed by atoms with E-state index < -0.39 is 0 Å². The summed E-state index contributed by atoms with van der Waals surface area (Å²) in [5.74, 6) is 0.646. The number of para-hydroxylation sites is 1. The highest BCUT2D eigenvalue weighted by atomic mass is 35.5. The van der Waals surface area contributed by atoms with Crippen molar-refractivity contribution in [2.45, 2.75) is 88.8 Å². The minimum absolute atomic E-state index is 0. The van der Waals surface area contributed by atoms with Crippen molar-refractivity contribution < 1.29 is 4.79 Å². The van der Waals surface area contributed by atoms with Crippen LogP contribution in [-0.4, -0.2) is 22.6 Å². The molecular weight excluding hydrogens is 525 g/mol. The number of nitrogens with one attached hydrogen (secondary N) is 1. The Balaban J connectivity index is 0.00000320. The van der Waals surface area contributed by atoms with Gasteiger partial charge in [-0.1, -0.05) is 60.7 Å². The van der Waals surface area contributed by atoms with E-state index in [0.717, 1.165) is 37.8 Å². The summed E-state index contributed by atoms with van der Waals surface area (Å²) >= 11 is 12.9. The first kappa shape index (κ1) is 28.3. The van der Waals surface area contributed by atoms with Crippen molar-refractivity contribution in [1.29, 1.82) is 0 Å². The van der Waals surface area contributed by atoms with Gasteiger partial charge in [-0.25, -0.2) is 0 Å². The number of rotatable bonds is 7. The number of carbonyl (C=O) groups excluding carboxylic acids is 1. The van der Waals surface area contributed by atoms with Gasteiger partial charge in [0.15, 0.2) is 0 Å². The second kappa shape index (κ2) is 12.9. The Labute approximate surface area is 236 Å². The highest BCUT2D eigenvalue weighted by Crippen LogP contribution is 2.38. The van der Waals surface area contributed by atoms with E-state index in [1.807, 2.05) is 12.1 Å². The highest BCUT2D eigenvalue weighted by molar-refractivity contribution is 6.34. The molecule has 2 aliphatic rings. The van der Waals surface area contributed by atoms with Crippen LogP contribution >= 0.6 is 35.6 Å². The quantitative estimate of drug-likeness (QED) is 0.308. The van der Waals surface area contributed by atoms with Crippen molar-refractivity contribution in [3.8, 4) is 0 Å². The smallest absolute Gasteiger partial charge is 0.221 e. The first-order valence-electron chi connectivity index (χ1n) is 13.5. The third-order valence-corrected chi connectivity index (χ3v) is 8.62. The fourth-order valence-electron chi connectivity index (χ4n) is 6.27. The fourth-order valence-corrected chi connectivity index (χ4v) is 6.81. The van der Waals surface area contributed by atoms with Gasteiger partial charge in [0.25, 0.3) is 0 Å². The van der Waals surface area contributed by atoms with Crippen LogP contribution in [0, 0.1) is 5.92 Å². The second-order valence-corrected chi connectivity index (χ2v) is 11.8. The summed E-state index contributed by atoms with van der Waals surface area (Å²) in [6.07, 6.45) is 13.1. The largest absolute Gasteiger partial charge is 0.353 e. The Morgan fingerprint density at radius 3 is 2.35 bits per heavy atom. The van der Waals surface area contributed by atoms with Crippen LogP contribution in [0.4, 0.5) is 0 Å². The summed E-state index contributed by atoms with van der Waals surface area (Å²) < 4.78 is 2.42. The number of carbonyl (C=O) groups is 1. The monoisotopic (exact) mass is 561 g/mol. The average molecular weight is 563 g/mol. The summed E-state index contributed by atoms with van der Waals surface area (Å²) in [4.78, 5) is 13.4. The van der Waals surface area contributed by atoms with Crippen LogP contribution in [0.25, 0.3) is 10.9 Å². The van der Waals surface area contributed by atoms with Crippen LogP contribution in [0.5, 0.6) is 0 Å². The topological polar surface area (TPSA) is 60.0 Å². The van der Waals surface area contributed by atoms with Gasteiger partial charge in [-0.15, -0.1) is 12.4 Å². The van der Waals surface area contributed by atoms with Gasteiger partial charge in [-0.05, 0) is 79.8 Å². The molecule has 0 bridgehead atoms. The van der Waals surface area contributed by atoms with Gasteiger partial charge in [-0.2, -0.15) is 0 Å². The lowest BCUT2D eigenvalue weighted by Gasteiger charge is -2.27. The average Bonchev–Trinajstić information content (AvgIpc) is 3.22. The standard InChI is InChI=1S/C30H37Cl2N3O.ClH/c31-22-14-21(15-23(32)16-22)27(17-30(36)34-25-12-10-24(33)11-13-25)28-19-35(18-20-6-2-1-3-7-20)29-9-5-4-8-26(28)29;/h4-5,8-9,14-16,19-20,24-25,27H,1-3,6-7,10-13,17-18,33H2,(H,34,36);1H. The molecule has 1 atom stereocenters. The lowest BCUT2D eigenvalue weighted by Crippen LogP contribution is -2.40. The summed E-state index contributed by atoms with van der Waals surface area (Å²) in [5.41, 5.74) is 9.45. The maximum atomic E-state index is 13.4. The molecule has 7 heteroatoms. The van der Waals surface area contributed by atoms with Gasteiger partial charge in [0.2, 0.25) is 5.91 Å². The van der Waals surface area contributed by atoms with E-state index in [1.165, 1.54) is 48.6 Å². The molecule has 0 spiro atoms. The Morgan fingerprint density at radius 2 is 1.65 bits per heavy atom. The van der Waals surface area contributed by atoms with Gasteiger partial charge in [-0.3, -0.25) is 4.79 Å². The molecule has 1 amide bonds. The van der Waals surface area contributed by atoms with E-state index in [-0.39, 0.29) is 36.3 Å². The summed E-state index contributed by atoms with van der Waals surface area (Å²) in [6, 6.07) is 14.7. The van der Waals surface area contributed by atoms with Gasteiger partial charge in [0, 0.05) is 58.1 Å². The molecule has 37 heavy (non-hydrogen) atoms. The molecule has 5 rings (SSSR count). The first-order valence-corrected chi connectivity index (χ1v) is 14.3. The Bertz CT molecular complexity index is 1180. The molecule has 2 aliphatic carbocycles. The maximum Gasteiger partial charge on any atom is 0.221 e. The molecule has 4 nitrogen and oxygen atoms in total. The van der Waals surface area contributed by atoms with Crippen molar-refractivity contribution in [2.24, 2.45) is 11.7 Å². The van der Waals surface area contributed by atoms with Crippen LogP contribution in [0.2, 0.25) is 10.0 Å². The maximum absolute atomic E-state index is 13.4. The zero-order valence-electron chi connectivity index (χ0n) is 21.3. The van der Waals surface area contributed by atoms with E-state index in [4.69, 9.17) is 28.9 Å². The molecule has 2 aromatic carbocycles. The van der Waals surface area contributed by atoms with Gasteiger partial charge in [0.1, 0.15) is 0 Å². The number of amides is 1. The molecule has 3 N–H and O–H groups in total. The van der Waals surface area contributed by atoms with Crippen molar-refractivity contribution in [2.75, 3.05) is 0 Å². The van der Waals surface area contributed by atoms with E-state index in [9.17, 15) is 4.79 Å². The highest BCUT2D eigenvalue weighted by Gasteiger charge is 2.26. The summed E-state index contributed by atoms with van der Waals surface area (Å²) in [5, 5.41) is 5.68. The van der Waals surface area contributed by atoms with Crippen molar-refractivity contribution >= 4 is 52.4 Å². The summed E-state index contributed by atoms with van der Waals surface area (Å²) in [7, 11) is 0. The molecule has 2 saturated carbocycles. The van der Waals surface area contributed by atoms with E-state index in [2.05, 4.69) is 40.3 Å². The molecule has 3 aromatic rings. The van der Waals surface area contributed by atoms with Crippen molar-refractivity contribution in [3.05, 3.63) is 69.8 Å². The number of hydrogen-bond donors (Lipinski definition) is 2.